The van der Waals surface area contributed by atoms with Crippen molar-refractivity contribution in [2.24, 2.45) is 5.10 Å². The molecule has 3 aromatic carbocycles. The minimum Gasteiger partial charge on any atom is -0.459 e. The normalized spacial score (nSPS) is 12.4. The molecule has 0 bridgehead atoms. The van der Waals surface area contributed by atoms with Gasteiger partial charge in [0.05, 0.1) is 33.7 Å². The van der Waals surface area contributed by atoms with E-state index in [1.54, 1.807) is 37.3 Å². The molecule has 0 saturated heterocycles. The standard InChI is InChI=1S/C29H25Cl3N4O5S/c1-19(21-5-3-2-4-6-21)34-28(37)29(38)35-33-16-23-10-11-24(41-23)18-36(17-20-7-14-26(31)27(32)15-20)42(39,40)25-12-8-22(30)9-13-25/h2-16,19H,17-18H2,1H3,(H,34,37)(H,35,38)/b33-16+/t19-/m1/s1. The van der Waals surface area contributed by atoms with Gasteiger partial charge in [0.2, 0.25) is 10.0 Å². The Hall–Kier alpha value is -3.67. The lowest BCUT2D eigenvalue weighted by Crippen LogP contribution is -2.39. The highest BCUT2D eigenvalue weighted by molar-refractivity contribution is 7.89. The predicted octanol–water partition coefficient (Wildman–Crippen LogP) is 5.96. The number of benzene rings is 3. The summed E-state index contributed by atoms with van der Waals surface area (Å²) in [5.74, 6) is -1.28. The van der Waals surface area contributed by atoms with E-state index in [9.17, 15) is 18.0 Å². The molecule has 0 aliphatic carbocycles. The molecule has 42 heavy (non-hydrogen) atoms. The topological polar surface area (TPSA) is 121 Å². The summed E-state index contributed by atoms with van der Waals surface area (Å²) < 4.78 is 34.1. The maximum absolute atomic E-state index is 13.6. The molecule has 4 aromatic rings. The molecule has 2 N–H and O–H groups in total. The first-order valence-corrected chi connectivity index (χ1v) is 15.1. The molecule has 1 aromatic heterocycles. The number of nitrogens with zero attached hydrogens (tertiary/aromatic N) is 2. The number of hydrogen-bond acceptors (Lipinski definition) is 6. The number of sulfonamides is 1. The molecule has 9 nitrogen and oxygen atoms in total. The molecule has 0 spiro atoms. The van der Waals surface area contributed by atoms with E-state index in [0.717, 1.165) is 5.56 Å². The van der Waals surface area contributed by atoms with Gasteiger partial charge in [-0.2, -0.15) is 9.41 Å². The second kappa shape index (κ2) is 14.0. The number of amides is 2. The zero-order valence-electron chi connectivity index (χ0n) is 22.1. The maximum Gasteiger partial charge on any atom is 0.329 e. The third-order valence-electron chi connectivity index (χ3n) is 6.02. The van der Waals surface area contributed by atoms with Crippen LogP contribution in [0.5, 0.6) is 0 Å². The smallest absolute Gasteiger partial charge is 0.329 e. The largest absolute Gasteiger partial charge is 0.459 e. The van der Waals surface area contributed by atoms with Gasteiger partial charge in [0.25, 0.3) is 0 Å². The highest BCUT2D eigenvalue weighted by Gasteiger charge is 2.26. The van der Waals surface area contributed by atoms with Crippen LogP contribution < -0.4 is 10.7 Å². The fourth-order valence-corrected chi connectivity index (χ4v) is 5.68. The van der Waals surface area contributed by atoms with Crippen molar-refractivity contribution in [3.05, 3.63) is 123 Å². The van der Waals surface area contributed by atoms with Gasteiger partial charge >= 0.3 is 11.8 Å². The summed E-state index contributed by atoms with van der Waals surface area (Å²) in [7, 11) is -3.99. The molecule has 4 rings (SSSR count). The Kier molecular flexibility index (Phi) is 10.4. The SMILES string of the molecule is C[C@@H](NC(=O)C(=O)N/N=C/c1ccc(CN(Cc2ccc(Cl)c(Cl)c2)S(=O)(=O)c2ccc(Cl)cc2)o1)c1ccccc1. The second-order valence-corrected chi connectivity index (χ2v) is 12.3. The van der Waals surface area contributed by atoms with Gasteiger partial charge in [-0.3, -0.25) is 9.59 Å². The Morgan fingerprint density at radius 1 is 0.905 bits per heavy atom. The molecule has 0 aliphatic rings. The zero-order valence-corrected chi connectivity index (χ0v) is 25.2. The summed E-state index contributed by atoms with van der Waals surface area (Å²) in [6, 6.07) is 22.6. The molecule has 1 atom stereocenters. The van der Waals surface area contributed by atoms with Crippen molar-refractivity contribution < 1.29 is 22.4 Å². The van der Waals surface area contributed by atoms with Crippen LogP contribution in [0.3, 0.4) is 0 Å². The first-order chi connectivity index (χ1) is 20.0. The summed E-state index contributed by atoms with van der Waals surface area (Å²) in [6.07, 6.45) is 1.20. The number of rotatable bonds is 10. The van der Waals surface area contributed by atoms with Gasteiger partial charge in [0, 0.05) is 11.6 Å². The summed E-state index contributed by atoms with van der Waals surface area (Å²) >= 11 is 18.1. The lowest BCUT2D eigenvalue weighted by Gasteiger charge is -2.22. The van der Waals surface area contributed by atoms with Gasteiger partial charge in [-0.05, 0) is 66.6 Å². The number of carbonyl (C=O) groups excluding carboxylic acids is 2. The van der Waals surface area contributed by atoms with Crippen LogP contribution in [0.15, 0.2) is 99.3 Å². The Bertz CT molecular complexity index is 1690. The van der Waals surface area contributed by atoms with Gasteiger partial charge in [0.1, 0.15) is 11.5 Å². The summed E-state index contributed by atoms with van der Waals surface area (Å²) in [5.41, 5.74) is 3.60. The number of halogens is 3. The minimum atomic E-state index is -3.99. The first-order valence-electron chi connectivity index (χ1n) is 12.5. The minimum absolute atomic E-state index is 0.0292. The summed E-state index contributed by atoms with van der Waals surface area (Å²) in [4.78, 5) is 24.4. The predicted molar refractivity (Wildman–Crippen MR) is 162 cm³/mol. The molecule has 0 saturated carbocycles. The van der Waals surface area contributed by atoms with Crippen molar-refractivity contribution >= 4 is 62.9 Å². The lowest BCUT2D eigenvalue weighted by molar-refractivity contribution is -0.139. The van der Waals surface area contributed by atoms with E-state index < -0.39 is 21.8 Å². The van der Waals surface area contributed by atoms with Gasteiger partial charge in [-0.25, -0.2) is 13.8 Å². The van der Waals surface area contributed by atoms with Crippen LogP contribution in [0.2, 0.25) is 15.1 Å². The fraction of sp³-hybridized carbons (Fsp3) is 0.138. The van der Waals surface area contributed by atoms with E-state index in [2.05, 4.69) is 15.8 Å². The van der Waals surface area contributed by atoms with E-state index in [-0.39, 0.29) is 29.8 Å². The number of hydrazone groups is 1. The van der Waals surface area contributed by atoms with Crippen molar-refractivity contribution in [2.45, 2.75) is 31.0 Å². The molecular formula is C29H25Cl3N4O5S. The molecule has 0 unspecified atom stereocenters. The second-order valence-electron chi connectivity index (χ2n) is 9.08. The van der Waals surface area contributed by atoms with Gasteiger partial charge in [-0.1, -0.05) is 71.2 Å². The molecule has 0 aliphatic heterocycles. The van der Waals surface area contributed by atoms with Crippen LogP contribution in [-0.4, -0.2) is 30.8 Å². The third-order valence-corrected chi connectivity index (χ3v) is 8.82. The van der Waals surface area contributed by atoms with Crippen molar-refractivity contribution in [1.82, 2.24) is 15.0 Å². The number of furan rings is 1. The number of carbonyl (C=O) groups is 2. The quantitative estimate of drug-likeness (QED) is 0.125. The van der Waals surface area contributed by atoms with E-state index in [1.165, 1.54) is 34.8 Å². The molecular weight excluding hydrogens is 623 g/mol. The Labute approximate surface area is 258 Å². The van der Waals surface area contributed by atoms with Crippen LogP contribution >= 0.6 is 34.8 Å². The van der Waals surface area contributed by atoms with Crippen LogP contribution in [-0.2, 0) is 32.7 Å². The lowest BCUT2D eigenvalue weighted by atomic mass is 10.1. The molecule has 218 valence electrons. The van der Waals surface area contributed by atoms with Crippen molar-refractivity contribution in [3.63, 3.8) is 0 Å². The van der Waals surface area contributed by atoms with Crippen LogP contribution in [0.25, 0.3) is 0 Å². The Morgan fingerprint density at radius 2 is 1.62 bits per heavy atom. The van der Waals surface area contributed by atoms with E-state index in [4.69, 9.17) is 39.2 Å². The van der Waals surface area contributed by atoms with Gasteiger partial charge in [0.15, 0.2) is 0 Å². The average molecular weight is 648 g/mol. The molecule has 0 fully saturated rings. The van der Waals surface area contributed by atoms with E-state index in [0.29, 0.717) is 26.4 Å². The number of nitrogens with one attached hydrogen (secondary N) is 2. The Morgan fingerprint density at radius 3 is 2.31 bits per heavy atom. The van der Waals surface area contributed by atoms with E-state index in [1.807, 2.05) is 30.3 Å². The maximum atomic E-state index is 13.6. The monoisotopic (exact) mass is 646 g/mol. The van der Waals surface area contributed by atoms with Crippen LogP contribution in [0.1, 0.15) is 35.6 Å². The summed E-state index contributed by atoms with van der Waals surface area (Å²) in [5, 5.41) is 7.40. The number of hydrogen-bond donors (Lipinski definition) is 2. The highest BCUT2D eigenvalue weighted by atomic mass is 35.5. The first kappa shape index (κ1) is 31.3. The summed E-state index contributed by atoms with van der Waals surface area (Å²) in [6.45, 7) is 1.59. The van der Waals surface area contributed by atoms with Crippen molar-refractivity contribution in [2.75, 3.05) is 0 Å². The molecule has 13 heteroatoms. The van der Waals surface area contributed by atoms with Gasteiger partial charge < -0.3 is 9.73 Å². The highest BCUT2D eigenvalue weighted by Crippen LogP contribution is 2.27. The molecule has 2 amide bonds. The van der Waals surface area contributed by atoms with Crippen LogP contribution in [0, 0.1) is 0 Å². The van der Waals surface area contributed by atoms with Crippen LogP contribution in [0.4, 0.5) is 0 Å². The molecule has 1 heterocycles. The fourth-order valence-electron chi connectivity index (χ4n) is 3.84. The van der Waals surface area contributed by atoms with Gasteiger partial charge in [-0.15, -0.1) is 0 Å². The van der Waals surface area contributed by atoms with Crippen molar-refractivity contribution in [3.8, 4) is 0 Å². The average Bonchev–Trinajstić information content (AvgIpc) is 3.42. The zero-order chi connectivity index (χ0) is 30.3. The van der Waals surface area contributed by atoms with Crippen molar-refractivity contribution in [1.29, 1.82) is 0 Å². The Balaban J connectivity index is 1.44. The molecule has 0 radical (unpaired) electrons. The third kappa shape index (κ3) is 8.21. The van der Waals surface area contributed by atoms with E-state index >= 15 is 0 Å².